The molecule has 1 aliphatic heterocycles. The topological polar surface area (TPSA) is 38.1 Å². The Kier molecular flexibility index (Phi) is 3.85. The molecule has 1 aliphatic rings. The molecule has 0 atom stereocenters. The Morgan fingerprint density at radius 1 is 1.29 bits per heavy atom. The van der Waals surface area contributed by atoms with Gasteiger partial charge in [0.05, 0.1) is 15.9 Å². The average Bonchev–Trinajstić information content (AvgIpc) is 2.74. The van der Waals surface area contributed by atoms with Crippen molar-refractivity contribution in [3.63, 3.8) is 0 Å². The zero-order valence-electron chi connectivity index (χ0n) is 12.3. The van der Waals surface area contributed by atoms with Crippen LogP contribution in [-0.2, 0) is 24.3 Å². The van der Waals surface area contributed by atoms with Gasteiger partial charge in [-0.2, -0.15) is 5.10 Å². The zero-order valence-corrected chi connectivity index (χ0v) is 13.9. The van der Waals surface area contributed by atoms with Crippen LogP contribution in [0.1, 0.15) is 22.5 Å². The van der Waals surface area contributed by atoms with Crippen molar-refractivity contribution in [1.82, 2.24) is 14.7 Å². The highest BCUT2D eigenvalue weighted by Gasteiger charge is 2.21. The van der Waals surface area contributed by atoms with E-state index in [1.807, 2.05) is 24.8 Å². The highest BCUT2D eigenvalue weighted by Crippen LogP contribution is 2.21. The number of aryl methyl sites for hydroxylation is 1. The number of aromatic nitrogens is 2. The lowest BCUT2D eigenvalue weighted by Crippen LogP contribution is -2.38. The summed E-state index contributed by atoms with van der Waals surface area (Å²) < 4.78 is 2.77. The van der Waals surface area contributed by atoms with Crippen LogP contribution in [0.2, 0.25) is 0 Å². The molecule has 21 heavy (non-hydrogen) atoms. The molecule has 0 saturated carbocycles. The maximum atomic E-state index is 12.5. The van der Waals surface area contributed by atoms with Gasteiger partial charge in [0.2, 0.25) is 5.91 Å². The van der Waals surface area contributed by atoms with Gasteiger partial charge in [0.25, 0.3) is 0 Å². The van der Waals surface area contributed by atoms with Crippen molar-refractivity contribution in [3.8, 4) is 0 Å². The van der Waals surface area contributed by atoms with E-state index in [1.54, 1.807) is 4.68 Å². The summed E-state index contributed by atoms with van der Waals surface area (Å²) in [6.07, 6.45) is 0.933. The Balaban J connectivity index is 1.74. The van der Waals surface area contributed by atoms with Gasteiger partial charge in [-0.3, -0.25) is 9.48 Å². The number of rotatable bonds is 2. The van der Waals surface area contributed by atoms with Crippen molar-refractivity contribution in [3.05, 3.63) is 51.3 Å². The van der Waals surface area contributed by atoms with Crippen LogP contribution in [-0.4, -0.2) is 27.1 Å². The van der Waals surface area contributed by atoms with Gasteiger partial charge in [-0.05, 0) is 47.3 Å². The molecule has 1 aromatic heterocycles. The van der Waals surface area contributed by atoms with Gasteiger partial charge in [0, 0.05) is 13.1 Å². The molecule has 1 amide bonds. The lowest BCUT2D eigenvalue weighted by molar-refractivity contribution is -0.133. The van der Waals surface area contributed by atoms with Gasteiger partial charge in [-0.25, -0.2) is 0 Å². The minimum Gasteiger partial charge on any atom is -0.336 e. The molecule has 0 saturated heterocycles. The SMILES string of the molecule is Cc1nn(CC(=O)N2CCc3ccccc3C2)c(C)c1Br. The van der Waals surface area contributed by atoms with Gasteiger partial charge < -0.3 is 4.90 Å². The van der Waals surface area contributed by atoms with E-state index >= 15 is 0 Å². The number of benzene rings is 1. The van der Waals surface area contributed by atoms with Crippen LogP contribution in [0.3, 0.4) is 0 Å². The van der Waals surface area contributed by atoms with Gasteiger partial charge in [0.15, 0.2) is 0 Å². The highest BCUT2D eigenvalue weighted by atomic mass is 79.9. The van der Waals surface area contributed by atoms with E-state index in [9.17, 15) is 4.79 Å². The fourth-order valence-electron chi connectivity index (χ4n) is 2.77. The quantitative estimate of drug-likeness (QED) is 0.837. The molecular weight excluding hydrogens is 330 g/mol. The maximum absolute atomic E-state index is 12.5. The zero-order chi connectivity index (χ0) is 15.0. The van der Waals surface area contributed by atoms with Gasteiger partial charge in [-0.1, -0.05) is 24.3 Å². The molecule has 2 heterocycles. The summed E-state index contributed by atoms with van der Waals surface area (Å²) in [6, 6.07) is 8.35. The number of halogens is 1. The van der Waals surface area contributed by atoms with E-state index in [0.717, 1.165) is 28.8 Å². The number of fused-ring (bicyclic) bond motifs is 1. The van der Waals surface area contributed by atoms with Crippen molar-refractivity contribution >= 4 is 21.8 Å². The largest absolute Gasteiger partial charge is 0.336 e. The Morgan fingerprint density at radius 3 is 2.67 bits per heavy atom. The first-order valence-electron chi connectivity index (χ1n) is 7.10. The van der Waals surface area contributed by atoms with Crippen molar-refractivity contribution in [2.24, 2.45) is 0 Å². The summed E-state index contributed by atoms with van der Waals surface area (Å²) in [6.45, 7) is 5.71. The average molecular weight is 348 g/mol. The predicted molar refractivity (Wildman–Crippen MR) is 85.0 cm³/mol. The summed E-state index contributed by atoms with van der Waals surface area (Å²) in [5, 5.41) is 4.41. The molecule has 0 radical (unpaired) electrons. The van der Waals surface area contributed by atoms with Crippen LogP contribution >= 0.6 is 15.9 Å². The minimum atomic E-state index is 0.127. The second-order valence-corrected chi connectivity index (χ2v) is 6.27. The molecule has 0 unspecified atom stereocenters. The second kappa shape index (κ2) is 5.64. The summed E-state index contributed by atoms with van der Waals surface area (Å²) in [4.78, 5) is 14.4. The van der Waals surface area contributed by atoms with Crippen LogP contribution in [0.4, 0.5) is 0 Å². The van der Waals surface area contributed by atoms with Gasteiger partial charge in [-0.15, -0.1) is 0 Å². The third-order valence-corrected chi connectivity index (χ3v) is 5.21. The Bertz CT molecular complexity index is 693. The molecule has 0 bridgehead atoms. The normalized spacial score (nSPS) is 14.1. The first-order chi connectivity index (χ1) is 10.1. The van der Waals surface area contributed by atoms with E-state index in [-0.39, 0.29) is 5.91 Å². The smallest absolute Gasteiger partial charge is 0.244 e. The Hall–Kier alpha value is -1.62. The summed E-state index contributed by atoms with van der Waals surface area (Å²) >= 11 is 3.50. The van der Waals surface area contributed by atoms with Crippen molar-refractivity contribution in [2.75, 3.05) is 6.54 Å². The predicted octanol–water partition coefficient (Wildman–Crippen LogP) is 2.85. The van der Waals surface area contributed by atoms with Crippen molar-refractivity contribution < 1.29 is 4.79 Å². The van der Waals surface area contributed by atoms with Crippen molar-refractivity contribution in [2.45, 2.75) is 33.4 Å². The monoisotopic (exact) mass is 347 g/mol. The van der Waals surface area contributed by atoms with Gasteiger partial charge >= 0.3 is 0 Å². The Morgan fingerprint density at radius 2 is 2.00 bits per heavy atom. The first-order valence-corrected chi connectivity index (χ1v) is 7.89. The summed E-state index contributed by atoms with van der Waals surface area (Å²) in [5.41, 5.74) is 4.53. The summed E-state index contributed by atoms with van der Waals surface area (Å²) in [7, 11) is 0. The molecule has 4 nitrogen and oxygen atoms in total. The lowest BCUT2D eigenvalue weighted by Gasteiger charge is -2.29. The number of hydrogen-bond donors (Lipinski definition) is 0. The molecule has 2 aromatic rings. The molecule has 5 heteroatoms. The summed E-state index contributed by atoms with van der Waals surface area (Å²) in [5.74, 6) is 0.127. The van der Waals surface area contributed by atoms with Crippen LogP contribution in [0.15, 0.2) is 28.7 Å². The first kappa shape index (κ1) is 14.3. The third-order valence-electron chi connectivity index (χ3n) is 4.06. The van der Waals surface area contributed by atoms with Crippen LogP contribution in [0.5, 0.6) is 0 Å². The minimum absolute atomic E-state index is 0.127. The van der Waals surface area contributed by atoms with Crippen LogP contribution < -0.4 is 0 Å². The highest BCUT2D eigenvalue weighted by molar-refractivity contribution is 9.10. The standard InChI is InChI=1S/C16H18BrN3O/c1-11-16(17)12(2)20(18-11)10-15(21)19-8-7-13-5-3-4-6-14(13)9-19/h3-6H,7-10H2,1-2H3. The molecule has 0 aliphatic carbocycles. The number of carbonyl (C=O) groups excluding carboxylic acids is 1. The second-order valence-electron chi connectivity index (χ2n) is 5.48. The van der Waals surface area contributed by atoms with E-state index in [4.69, 9.17) is 0 Å². The molecule has 0 spiro atoms. The van der Waals surface area contributed by atoms with Crippen molar-refractivity contribution in [1.29, 1.82) is 0 Å². The molecule has 0 N–H and O–H groups in total. The number of hydrogen-bond acceptors (Lipinski definition) is 2. The number of amides is 1. The lowest BCUT2D eigenvalue weighted by atomic mass is 10.00. The molecule has 1 aromatic carbocycles. The number of nitrogens with zero attached hydrogens (tertiary/aromatic N) is 3. The fraction of sp³-hybridized carbons (Fsp3) is 0.375. The van der Waals surface area contributed by atoms with E-state index in [0.29, 0.717) is 13.1 Å². The molecule has 110 valence electrons. The van der Waals surface area contributed by atoms with E-state index in [2.05, 4.69) is 39.2 Å². The molecule has 3 rings (SSSR count). The third kappa shape index (κ3) is 2.75. The fourth-order valence-corrected chi connectivity index (χ4v) is 3.05. The van der Waals surface area contributed by atoms with Gasteiger partial charge in [0.1, 0.15) is 6.54 Å². The number of carbonyl (C=O) groups is 1. The van der Waals surface area contributed by atoms with E-state index < -0.39 is 0 Å². The molecular formula is C16H18BrN3O. The maximum Gasteiger partial charge on any atom is 0.244 e. The van der Waals surface area contributed by atoms with Crippen LogP contribution in [0.25, 0.3) is 0 Å². The Labute approximate surface area is 132 Å². The molecule has 0 fully saturated rings. The van der Waals surface area contributed by atoms with Crippen LogP contribution in [0, 0.1) is 13.8 Å². The van der Waals surface area contributed by atoms with E-state index in [1.165, 1.54) is 11.1 Å².